The van der Waals surface area contributed by atoms with Gasteiger partial charge in [-0.05, 0) is 42.0 Å². The molecule has 1 fully saturated rings. The van der Waals surface area contributed by atoms with Crippen molar-refractivity contribution >= 4 is 5.69 Å². The summed E-state index contributed by atoms with van der Waals surface area (Å²) < 4.78 is 5.18. The summed E-state index contributed by atoms with van der Waals surface area (Å²) in [5, 5.41) is 3.62. The SMILES string of the molecule is COCc1cccc(NC2CC(c3ccccc3)C2)c1. The van der Waals surface area contributed by atoms with Crippen molar-refractivity contribution in [3.05, 3.63) is 65.7 Å². The second-order valence-corrected chi connectivity index (χ2v) is 5.55. The van der Waals surface area contributed by atoms with E-state index in [1.54, 1.807) is 7.11 Å². The van der Waals surface area contributed by atoms with E-state index in [1.165, 1.54) is 29.7 Å². The normalized spacial score (nSPS) is 21.2. The van der Waals surface area contributed by atoms with E-state index in [9.17, 15) is 0 Å². The Morgan fingerprint density at radius 2 is 1.85 bits per heavy atom. The molecule has 1 N–H and O–H groups in total. The summed E-state index contributed by atoms with van der Waals surface area (Å²) in [5.41, 5.74) is 3.89. The molecule has 2 aromatic rings. The second-order valence-electron chi connectivity index (χ2n) is 5.55. The van der Waals surface area contributed by atoms with Crippen LogP contribution in [0, 0.1) is 0 Å². The molecule has 3 rings (SSSR count). The molecule has 0 aromatic heterocycles. The molecule has 0 atom stereocenters. The van der Waals surface area contributed by atoms with Crippen LogP contribution >= 0.6 is 0 Å². The largest absolute Gasteiger partial charge is 0.382 e. The van der Waals surface area contributed by atoms with Gasteiger partial charge in [0, 0.05) is 18.8 Å². The highest BCUT2D eigenvalue weighted by Crippen LogP contribution is 2.38. The quantitative estimate of drug-likeness (QED) is 0.877. The molecule has 0 aliphatic heterocycles. The highest BCUT2D eigenvalue weighted by atomic mass is 16.5. The van der Waals surface area contributed by atoms with Crippen LogP contribution in [0.2, 0.25) is 0 Å². The van der Waals surface area contributed by atoms with Gasteiger partial charge in [-0.2, -0.15) is 0 Å². The van der Waals surface area contributed by atoms with Gasteiger partial charge in [0.15, 0.2) is 0 Å². The number of ether oxygens (including phenoxy) is 1. The minimum absolute atomic E-state index is 0.595. The predicted octanol–water partition coefficient (Wildman–Crippen LogP) is 4.19. The number of hydrogen-bond donors (Lipinski definition) is 1. The summed E-state index contributed by atoms with van der Waals surface area (Å²) in [6.07, 6.45) is 2.44. The van der Waals surface area contributed by atoms with E-state index >= 15 is 0 Å². The van der Waals surface area contributed by atoms with Crippen LogP contribution in [0.15, 0.2) is 54.6 Å². The molecule has 1 saturated carbocycles. The second kappa shape index (κ2) is 6.10. The van der Waals surface area contributed by atoms with Crippen LogP contribution in [0.4, 0.5) is 5.69 Å². The van der Waals surface area contributed by atoms with Gasteiger partial charge < -0.3 is 10.1 Å². The van der Waals surface area contributed by atoms with Crippen LogP contribution in [0.5, 0.6) is 0 Å². The lowest BCUT2D eigenvalue weighted by atomic mass is 9.76. The standard InChI is InChI=1S/C18H21NO/c1-20-13-14-6-5-9-17(10-14)19-18-11-16(12-18)15-7-3-2-4-8-15/h2-10,16,18-19H,11-13H2,1H3. The van der Waals surface area contributed by atoms with Crippen molar-refractivity contribution in [1.82, 2.24) is 0 Å². The van der Waals surface area contributed by atoms with Crippen LogP contribution in [0.3, 0.4) is 0 Å². The van der Waals surface area contributed by atoms with Crippen molar-refractivity contribution in [2.24, 2.45) is 0 Å². The molecule has 2 heteroatoms. The zero-order valence-corrected chi connectivity index (χ0v) is 11.9. The van der Waals surface area contributed by atoms with Crippen LogP contribution in [0.25, 0.3) is 0 Å². The van der Waals surface area contributed by atoms with Crippen molar-refractivity contribution in [2.45, 2.75) is 31.4 Å². The van der Waals surface area contributed by atoms with E-state index in [2.05, 4.69) is 59.9 Å². The fourth-order valence-electron chi connectivity index (χ4n) is 2.89. The van der Waals surface area contributed by atoms with Crippen LogP contribution in [0.1, 0.15) is 29.9 Å². The lowest BCUT2D eigenvalue weighted by Gasteiger charge is -2.37. The molecule has 0 amide bonds. The number of anilines is 1. The first-order valence-electron chi connectivity index (χ1n) is 7.24. The molecule has 0 bridgehead atoms. The maximum absolute atomic E-state index is 5.18. The van der Waals surface area contributed by atoms with Crippen LogP contribution in [-0.2, 0) is 11.3 Å². The summed E-state index contributed by atoms with van der Waals surface area (Å²) in [7, 11) is 1.73. The summed E-state index contributed by atoms with van der Waals surface area (Å²) in [6.45, 7) is 0.673. The number of hydrogen-bond acceptors (Lipinski definition) is 2. The van der Waals surface area contributed by atoms with Crippen molar-refractivity contribution in [1.29, 1.82) is 0 Å². The molecule has 2 aromatic carbocycles. The van der Waals surface area contributed by atoms with Gasteiger partial charge in [0.1, 0.15) is 0 Å². The van der Waals surface area contributed by atoms with E-state index in [0.717, 1.165) is 5.92 Å². The van der Waals surface area contributed by atoms with E-state index < -0.39 is 0 Å². The molecular weight excluding hydrogens is 246 g/mol. The summed E-state index contributed by atoms with van der Waals surface area (Å²) >= 11 is 0. The average molecular weight is 267 g/mol. The Balaban J connectivity index is 1.55. The van der Waals surface area contributed by atoms with Gasteiger partial charge in [-0.1, -0.05) is 42.5 Å². The minimum atomic E-state index is 0.595. The third-order valence-corrected chi connectivity index (χ3v) is 4.02. The Morgan fingerprint density at radius 3 is 2.60 bits per heavy atom. The third-order valence-electron chi connectivity index (χ3n) is 4.02. The minimum Gasteiger partial charge on any atom is -0.382 e. The first-order valence-corrected chi connectivity index (χ1v) is 7.24. The highest BCUT2D eigenvalue weighted by molar-refractivity contribution is 5.47. The van der Waals surface area contributed by atoms with Gasteiger partial charge in [0.25, 0.3) is 0 Å². The Bertz CT molecular complexity index is 546. The Morgan fingerprint density at radius 1 is 1.05 bits per heavy atom. The summed E-state index contributed by atoms with van der Waals surface area (Å²) in [6, 6.07) is 19.9. The lowest BCUT2D eigenvalue weighted by molar-refractivity contribution is 0.185. The Hall–Kier alpha value is -1.80. The van der Waals surface area contributed by atoms with Crippen molar-refractivity contribution in [2.75, 3.05) is 12.4 Å². The van der Waals surface area contributed by atoms with E-state index in [4.69, 9.17) is 4.74 Å². The molecule has 0 saturated heterocycles. The molecule has 0 spiro atoms. The lowest BCUT2D eigenvalue weighted by Crippen LogP contribution is -2.33. The number of nitrogens with one attached hydrogen (secondary N) is 1. The van der Waals surface area contributed by atoms with Gasteiger partial charge in [-0.25, -0.2) is 0 Å². The molecule has 0 heterocycles. The monoisotopic (exact) mass is 267 g/mol. The topological polar surface area (TPSA) is 21.3 Å². The highest BCUT2D eigenvalue weighted by Gasteiger charge is 2.29. The van der Waals surface area contributed by atoms with Gasteiger partial charge in [0.05, 0.1) is 6.61 Å². The van der Waals surface area contributed by atoms with E-state index in [1.807, 2.05) is 0 Å². The van der Waals surface area contributed by atoms with Gasteiger partial charge in [0.2, 0.25) is 0 Å². The zero-order valence-electron chi connectivity index (χ0n) is 11.9. The molecule has 104 valence electrons. The van der Waals surface area contributed by atoms with Crippen molar-refractivity contribution < 1.29 is 4.74 Å². The molecule has 0 radical (unpaired) electrons. The molecule has 1 aliphatic rings. The number of benzene rings is 2. The van der Waals surface area contributed by atoms with Crippen molar-refractivity contribution in [3.8, 4) is 0 Å². The smallest absolute Gasteiger partial charge is 0.0713 e. The number of methoxy groups -OCH3 is 1. The van der Waals surface area contributed by atoms with Gasteiger partial charge in [-0.3, -0.25) is 0 Å². The van der Waals surface area contributed by atoms with Gasteiger partial charge in [-0.15, -0.1) is 0 Å². The fraction of sp³-hybridized carbons (Fsp3) is 0.333. The summed E-state index contributed by atoms with van der Waals surface area (Å²) in [4.78, 5) is 0. The first-order chi connectivity index (χ1) is 9.85. The molecular formula is C18H21NO. The third kappa shape index (κ3) is 3.02. The first kappa shape index (κ1) is 13.2. The summed E-state index contributed by atoms with van der Waals surface area (Å²) in [5.74, 6) is 0.718. The molecule has 0 unspecified atom stereocenters. The molecule has 2 nitrogen and oxygen atoms in total. The average Bonchev–Trinajstić information content (AvgIpc) is 2.44. The Labute approximate surface area is 120 Å². The Kier molecular flexibility index (Phi) is 4.03. The van der Waals surface area contributed by atoms with Crippen LogP contribution < -0.4 is 5.32 Å². The fourth-order valence-corrected chi connectivity index (χ4v) is 2.89. The van der Waals surface area contributed by atoms with E-state index in [-0.39, 0.29) is 0 Å². The number of rotatable bonds is 5. The van der Waals surface area contributed by atoms with E-state index in [0.29, 0.717) is 12.6 Å². The maximum Gasteiger partial charge on any atom is 0.0713 e. The maximum atomic E-state index is 5.18. The molecule has 20 heavy (non-hydrogen) atoms. The zero-order chi connectivity index (χ0) is 13.8. The van der Waals surface area contributed by atoms with Gasteiger partial charge >= 0.3 is 0 Å². The predicted molar refractivity (Wildman–Crippen MR) is 83.0 cm³/mol. The van der Waals surface area contributed by atoms with Crippen molar-refractivity contribution in [3.63, 3.8) is 0 Å². The molecule has 1 aliphatic carbocycles. The van der Waals surface area contributed by atoms with Crippen LogP contribution in [-0.4, -0.2) is 13.2 Å².